The van der Waals surface area contributed by atoms with E-state index in [1.54, 1.807) is 7.11 Å². The van der Waals surface area contributed by atoms with Gasteiger partial charge in [0.15, 0.2) is 0 Å². The summed E-state index contributed by atoms with van der Waals surface area (Å²) >= 11 is 0. The van der Waals surface area contributed by atoms with Crippen LogP contribution in [0, 0.1) is 6.92 Å². The summed E-state index contributed by atoms with van der Waals surface area (Å²) in [6.45, 7) is 5.85. The zero-order chi connectivity index (χ0) is 13.7. The Morgan fingerprint density at radius 1 is 1.37 bits per heavy atom. The molecule has 0 heterocycles. The SMILES string of the molecule is COCCC(C)Oc1c(C)cccc1CNC1CC1. The number of aryl methyl sites for hydroxylation is 1. The molecule has 19 heavy (non-hydrogen) atoms. The van der Waals surface area contributed by atoms with Gasteiger partial charge in [-0.2, -0.15) is 0 Å². The van der Waals surface area contributed by atoms with Gasteiger partial charge in [0.2, 0.25) is 0 Å². The number of para-hydroxylation sites is 1. The van der Waals surface area contributed by atoms with Crippen LogP contribution in [0.4, 0.5) is 0 Å². The lowest BCUT2D eigenvalue weighted by molar-refractivity contribution is 0.134. The molecule has 1 aliphatic carbocycles. The number of ether oxygens (including phenoxy) is 2. The summed E-state index contributed by atoms with van der Waals surface area (Å²) in [7, 11) is 1.73. The topological polar surface area (TPSA) is 30.5 Å². The van der Waals surface area contributed by atoms with E-state index in [4.69, 9.17) is 9.47 Å². The smallest absolute Gasteiger partial charge is 0.127 e. The molecule has 0 amide bonds. The van der Waals surface area contributed by atoms with Gasteiger partial charge in [-0.1, -0.05) is 18.2 Å². The fraction of sp³-hybridized carbons (Fsp3) is 0.625. The van der Waals surface area contributed by atoms with Crippen LogP contribution < -0.4 is 10.1 Å². The number of methoxy groups -OCH3 is 1. The van der Waals surface area contributed by atoms with E-state index in [1.165, 1.54) is 24.0 Å². The highest BCUT2D eigenvalue weighted by Crippen LogP contribution is 2.27. The molecule has 2 rings (SSSR count). The first-order valence-corrected chi connectivity index (χ1v) is 7.18. The molecule has 1 aromatic carbocycles. The normalized spacial score (nSPS) is 16.4. The van der Waals surface area contributed by atoms with E-state index in [2.05, 4.69) is 37.4 Å². The van der Waals surface area contributed by atoms with Gasteiger partial charge in [0.05, 0.1) is 6.10 Å². The molecule has 1 atom stereocenters. The Bertz CT molecular complexity index is 402. The third-order valence-corrected chi connectivity index (χ3v) is 3.50. The molecule has 3 nitrogen and oxygen atoms in total. The Labute approximate surface area is 116 Å². The van der Waals surface area contributed by atoms with Gasteiger partial charge in [-0.25, -0.2) is 0 Å². The van der Waals surface area contributed by atoms with Crippen LogP contribution in [0.15, 0.2) is 18.2 Å². The molecule has 1 unspecified atom stereocenters. The zero-order valence-electron chi connectivity index (χ0n) is 12.2. The number of rotatable bonds is 8. The second-order valence-corrected chi connectivity index (χ2v) is 5.43. The third-order valence-electron chi connectivity index (χ3n) is 3.50. The van der Waals surface area contributed by atoms with Crippen LogP contribution in [0.25, 0.3) is 0 Å². The van der Waals surface area contributed by atoms with Crippen molar-refractivity contribution in [3.63, 3.8) is 0 Å². The predicted octanol–water partition coefficient (Wildman–Crippen LogP) is 3.05. The Morgan fingerprint density at radius 3 is 2.84 bits per heavy atom. The van der Waals surface area contributed by atoms with Crippen LogP contribution in [0.2, 0.25) is 0 Å². The van der Waals surface area contributed by atoms with E-state index in [9.17, 15) is 0 Å². The summed E-state index contributed by atoms with van der Waals surface area (Å²) in [6, 6.07) is 7.09. The predicted molar refractivity (Wildman–Crippen MR) is 77.6 cm³/mol. The van der Waals surface area contributed by atoms with Crippen LogP contribution in [-0.4, -0.2) is 25.9 Å². The van der Waals surface area contributed by atoms with Crippen LogP contribution in [0.3, 0.4) is 0 Å². The van der Waals surface area contributed by atoms with Crippen LogP contribution in [-0.2, 0) is 11.3 Å². The van der Waals surface area contributed by atoms with E-state index < -0.39 is 0 Å². The van der Waals surface area contributed by atoms with Crippen molar-refractivity contribution in [3.05, 3.63) is 29.3 Å². The zero-order valence-corrected chi connectivity index (χ0v) is 12.2. The Kier molecular flexibility index (Phi) is 5.23. The van der Waals surface area contributed by atoms with Crippen LogP contribution in [0.5, 0.6) is 5.75 Å². The van der Waals surface area contributed by atoms with E-state index in [-0.39, 0.29) is 6.10 Å². The van der Waals surface area contributed by atoms with E-state index >= 15 is 0 Å². The highest BCUT2D eigenvalue weighted by Gasteiger charge is 2.21. The second kappa shape index (κ2) is 6.92. The summed E-state index contributed by atoms with van der Waals surface area (Å²) < 4.78 is 11.2. The minimum absolute atomic E-state index is 0.181. The number of hydrogen-bond acceptors (Lipinski definition) is 3. The molecule has 0 radical (unpaired) electrons. The van der Waals surface area contributed by atoms with Crippen LogP contribution >= 0.6 is 0 Å². The van der Waals surface area contributed by atoms with E-state index in [0.717, 1.165) is 31.4 Å². The minimum atomic E-state index is 0.181. The quantitative estimate of drug-likeness (QED) is 0.782. The van der Waals surface area contributed by atoms with Gasteiger partial charge in [-0.3, -0.25) is 0 Å². The molecule has 0 aromatic heterocycles. The average Bonchev–Trinajstić information content (AvgIpc) is 3.21. The van der Waals surface area contributed by atoms with Gasteiger partial charge in [0.1, 0.15) is 5.75 Å². The lowest BCUT2D eigenvalue weighted by Gasteiger charge is -2.19. The van der Waals surface area contributed by atoms with Gasteiger partial charge < -0.3 is 14.8 Å². The van der Waals surface area contributed by atoms with Crippen molar-refractivity contribution >= 4 is 0 Å². The van der Waals surface area contributed by atoms with Crippen LogP contribution in [0.1, 0.15) is 37.3 Å². The number of hydrogen-bond donors (Lipinski definition) is 1. The largest absolute Gasteiger partial charge is 0.490 e. The van der Waals surface area contributed by atoms with Gasteiger partial charge in [0.25, 0.3) is 0 Å². The molecule has 3 heteroatoms. The summed E-state index contributed by atoms with van der Waals surface area (Å²) in [5.74, 6) is 1.04. The second-order valence-electron chi connectivity index (χ2n) is 5.43. The monoisotopic (exact) mass is 263 g/mol. The van der Waals surface area contributed by atoms with Crippen molar-refractivity contribution in [1.82, 2.24) is 5.32 Å². The molecule has 1 saturated carbocycles. The van der Waals surface area contributed by atoms with Gasteiger partial charge in [-0.15, -0.1) is 0 Å². The molecule has 0 aliphatic heterocycles. The van der Waals surface area contributed by atoms with Crippen molar-refractivity contribution in [2.24, 2.45) is 0 Å². The molecular formula is C16H25NO2. The number of nitrogens with one attached hydrogen (secondary N) is 1. The highest BCUT2D eigenvalue weighted by molar-refractivity contribution is 5.41. The standard InChI is InChI=1S/C16H25NO2/c1-12-5-4-6-14(11-17-15-7-8-15)16(12)19-13(2)9-10-18-3/h4-6,13,15,17H,7-11H2,1-3H3. The minimum Gasteiger partial charge on any atom is -0.490 e. The first kappa shape index (κ1) is 14.4. The lowest BCUT2D eigenvalue weighted by Crippen LogP contribution is -2.19. The summed E-state index contributed by atoms with van der Waals surface area (Å²) in [6.07, 6.45) is 3.72. The Hall–Kier alpha value is -1.06. The van der Waals surface area contributed by atoms with E-state index in [0.29, 0.717) is 0 Å². The highest BCUT2D eigenvalue weighted by atomic mass is 16.5. The Balaban J connectivity index is 1.98. The van der Waals surface area contributed by atoms with Gasteiger partial charge in [0, 0.05) is 38.3 Å². The van der Waals surface area contributed by atoms with Crippen molar-refractivity contribution in [3.8, 4) is 5.75 Å². The fourth-order valence-electron chi connectivity index (χ4n) is 2.11. The first-order chi connectivity index (χ1) is 9.20. The first-order valence-electron chi connectivity index (χ1n) is 7.18. The summed E-state index contributed by atoms with van der Waals surface area (Å²) in [4.78, 5) is 0. The van der Waals surface area contributed by atoms with Crippen molar-refractivity contribution in [2.45, 2.75) is 51.8 Å². The third kappa shape index (κ3) is 4.51. The molecule has 0 bridgehead atoms. The molecular weight excluding hydrogens is 238 g/mol. The van der Waals surface area contributed by atoms with Crippen molar-refractivity contribution < 1.29 is 9.47 Å². The molecule has 106 valence electrons. The van der Waals surface area contributed by atoms with Crippen molar-refractivity contribution in [1.29, 1.82) is 0 Å². The molecule has 0 spiro atoms. The average molecular weight is 263 g/mol. The van der Waals surface area contributed by atoms with Crippen molar-refractivity contribution in [2.75, 3.05) is 13.7 Å². The maximum Gasteiger partial charge on any atom is 0.127 e. The molecule has 0 saturated heterocycles. The molecule has 1 fully saturated rings. The Morgan fingerprint density at radius 2 is 2.16 bits per heavy atom. The molecule has 1 aromatic rings. The lowest BCUT2D eigenvalue weighted by atomic mass is 10.1. The summed E-state index contributed by atoms with van der Waals surface area (Å²) in [5.41, 5.74) is 2.47. The molecule has 1 N–H and O–H groups in total. The fourth-order valence-corrected chi connectivity index (χ4v) is 2.11. The van der Waals surface area contributed by atoms with Gasteiger partial charge in [-0.05, 0) is 32.3 Å². The van der Waals surface area contributed by atoms with Gasteiger partial charge >= 0.3 is 0 Å². The summed E-state index contributed by atoms with van der Waals surface area (Å²) in [5, 5.41) is 3.55. The molecule has 1 aliphatic rings. The maximum atomic E-state index is 6.11. The maximum absolute atomic E-state index is 6.11. The van der Waals surface area contributed by atoms with E-state index in [1.807, 2.05) is 0 Å². The number of benzene rings is 1.